The number of fused-ring (bicyclic) bond motifs is 7. The van der Waals surface area contributed by atoms with Crippen molar-refractivity contribution < 1.29 is 19.0 Å². The van der Waals surface area contributed by atoms with Gasteiger partial charge in [0, 0.05) is 36.2 Å². The number of rotatable bonds is 3. The molecule has 156 valence electrons. The molecule has 1 saturated carbocycles. The van der Waals surface area contributed by atoms with Crippen molar-refractivity contribution in [1.29, 1.82) is 0 Å². The molecule has 0 bridgehead atoms. The predicted octanol–water partition coefficient (Wildman–Crippen LogP) is 4.68. The molecule has 3 aromatic carbocycles. The molecule has 31 heavy (non-hydrogen) atoms. The van der Waals surface area contributed by atoms with Crippen molar-refractivity contribution >= 4 is 16.6 Å². The molecule has 0 N–H and O–H groups in total. The third kappa shape index (κ3) is 1.97. The van der Waals surface area contributed by atoms with Crippen LogP contribution in [-0.2, 0) is 19.7 Å². The van der Waals surface area contributed by atoms with Gasteiger partial charge >= 0.3 is 0 Å². The van der Waals surface area contributed by atoms with Gasteiger partial charge in [-0.15, -0.1) is 0 Å². The molecule has 2 saturated heterocycles. The largest absolute Gasteiger partial charge is 0.496 e. The molecule has 0 aromatic heterocycles. The van der Waals surface area contributed by atoms with Crippen LogP contribution in [0.3, 0.4) is 0 Å². The van der Waals surface area contributed by atoms with Gasteiger partial charge in [0.1, 0.15) is 11.2 Å². The van der Waals surface area contributed by atoms with Gasteiger partial charge in [-0.1, -0.05) is 54.6 Å². The maximum atomic E-state index is 14.0. The number of Topliss-reactive ketones (excluding diaryl/α,β-unsaturated/α-hetero) is 1. The topological polar surface area (TPSA) is 44.8 Å². The van der Waals surface area contributed by atoms with Crippen LogP contribution in [0, 0.1) is 5.92 Å². The summed E-state index contributed by atoms with van der Waals surface area (Å²) in [6.45, 7) is 1.40. The van der Waals surface area contributed by atoms with Gasteiger partial charge in [0.2, 0.25) is 0 Å². The second-order valence-corrected chi connectivity index (χ2v) is 9.19. The monoisotopic (exact) mass is 412 g/mol. The van der Waals surface area contributed by atoms with E-state index in [2.05, 4.69) is 36.4 Å². The molecule has 4 aliphatic rings. The minimum Gasteiger partial charge on any atom is -0.496 e. The van der Waals surface area contributed by atoms with Crippen LogP contribution in [0.25, 0.3) is 10.8 Å². The highest BCUT2D eigenvalue weighted by Gasteiger charge is 2.68. The summed E-state index contributed by atoms with van der Waals surface area (Å²) in [4.78, 5) is 14.0. The van der Waals surface area contributed by atoms with Crippen molar-refractivity contribution in [2.24, 2.45) is 5.92 Å². The van der Waals surface area contributed by atoms with Crippen LogP contribution in [0.2, 0.25) is 0 Å². The number of carbonyl (C=O) groups excluding carboxylic acids is 1. The van der Waals surface area contributed by atoms with E-state index in [4.69, 9.17) is 14.2 Å². The van der Waals surface area contributed by atoms with Crippen LogP contribution in [0.1, 0.15) is 47.1 Å². The van der Waals surface area contributed by atoms with E-state index in [1.165, 1.54) is 10.9 Å². The van der Waals surface area contributed by atoms with Gasteiger partial charge in [-0.05, 0) is 34.7 Å². The van der Waals surface area contributed by atoms with Gasteiger partial charge in [0.05, 0.1) is 19.3 Å². The van der Waals surface area contributed by atoms with E-state index in [1.54, 1.807) is 7.11 Å². The van der Waals surface area contributed by atoms with Crippen LogP contribution in [-0.4, -0.2) is 32.2 Å². The molecule has 2 heterocycles. The molecule has 0 radical (unpaired) electrons. The lowest BCUT2D eigenvalue weighted by Gasteiger charge is -2.52. The zero-order chi connectivity index (χ0) is 20.7. The lowest BCUT2D eigenvalue weighted by molar-refractivity contribution is -0.148. The fourth-order valence-electron chi connectivity index (χ4n) is 6.86. The Balaban J connectivity index is 1.61. The standard InChI is InChI=1S/C27H24O4/c1-29-24-21-20(18-11-13-30-23(18)21)16-9-5-6-10-17(16)22(24)27(15-7-3-2-4-8-15)25(28)19-12-14-31-26(19)27/h2-10,18-19,23,26H,11-14H2,1H3/t18-,19?,23-,26?,27?/m1/s1. The number of hydrogen-bond acceptors (Lipinski definition) is 4. The Morgan fingerprint density at radius 2 is 1.58 bits per heavy atom. The summed E-state index contributed by atoms with van der Waals surface area (Å²) < 4.78 is 18.5. The van der Waals surface area contributed by atoms with E-state index in [1.807, 2.05) is 18.2 Å². The summed E-state index contributed by atoms with van der Waals surface area (Å²) in [5, 5.41) is 2.33. The average Bonchev–Trinajstić information content (AvgIpc) is 3.43. The van der Waals surface area contributed by atoms with E-state index >= 15 is 0 Å². The molecule has 2 aliphatic heterocycles. The van der Waals surface area contributed by atoms with Gasteiger partial charge in [0.25, 0.3) is 0 Å². The van der Waals surface area contributed by atoms with Crippen molar-refractivity contribution in [3.05, 3.63) is 76.9 Å². The maximum Gasteiger partial charge on any atom is 0.156 e. The van der Waals surface area contributed by atoms with Crippen molar-refractivity contribution in [2.75, 3.05) is 20.3 Å². The van der Waals surface area contributed by atoms with Crippen molar-refractivity contribution in [2.45, 2.75) is 36.4 Å². The highest BCUT2D eigenvalue weighted by atomic mass is 16.5. The third-order valence-electron chi connectivity index (χ3n) is 8.07. The van der Waals surface area contributed by atoms with Crippen molar-refractivity contribution in [3.8, 4) is 5.75 Å². The summed E-state index contributed by atoms with van der Waals surface area (Å²) in [7, 11) is 1.73. The molecule has 4 heteroatoms. The van der Waals surface area contributed by atoms with Gasteiger partial charge in [-0.3, -0.25) is 4.79 Å². The van der Waals surface area contributed by atoms with Crippen molar-refractivity contribution in [1.82, 2.24) is 0 Å². The molecule has 3 unspecified atom stereocenters. The number of ether oxygens (including phenoxy) is 3. The molecule has 3 fully saturated rings. The number of benzene rings is 3. The van der Waals surface area contributed by atoms with Gasteiger partial charge < -0.3 is 14.2 Å². The predicted molar refractivity (Wildman–Crippen MR) is 117 cm³/mol. The number of carbonyl (C=O) groups is 1. The SMILES string of the molecule is COc1c2c(c3ccccc3c1C1(c3ccccc3)C(=O)C3CCOC31)[C@H]1CCO[C@@H]21. The molecule has 0 amide bonds. The Hall–Kier alpha value is -2.69. The first-order valence-corrected chi connectivity index (χ1v) is 11.2. The molecule has 0 spiro atoms. The summed E-state index contributed by atoms with van der Waals surface area (Å²) in [6, 6.07) is 18.7. The Morgan fingerprint density at radius 1 is 0.871 bits per heavy atom. The normalized spacial score (nSPS) is 32.7. The minimum absolute atomic E-state index is 0.0368. The molecular formula is C27H24O4. The minimum atomic E-state index is -0.841. The summed E-state index contributed by atoms with van der Waals surface area (Å²) in [5.41, 5.74) is 3.61. The zero-order valence-electron chi connectivity index (χ0n) is 17.5. The maximum absolute atomic E-state index is 14.0. The first-order valence-electron chi connectivity index (χ1n) is 11.2. The van der Waals surface area contributed by atoms with E-state index in [0.29, 0.717) is 12.5 Å². The van der Waals surface area contributed by atoms with Crippen LogP contribution < -0.4 is 4.74 Å². The zero-order valence-corrected chi connectivity index (χ0v) is 17.5. The summed E-state index contributed by atoms with van der Waals surface area (Å²) in [6.07, 6.45) is 1.76. The second kappa shape index (κ2) is 6.18. The Bertz CT molecular complexity index is 1230. The van der Waals surface area contributed by atoms with E-state index in [-0.39, 0.29) is 23.9 Å². The first-order chi connectivity index (χ1) is 15.3. The average molecular weight is 412 g/mol. The lowest BCUT2D eigenvalue weighted by atomic mass is 9.50. The van der Waals surface area contributed by atoms with Crippen molar-refractivity contribution in [3.63, 3.8) is 0 Å². The Kier molecular flexibility index (Phi) is 3.58. The number of methoxy groups -OCH3 is 1. The molecule has 4 nitrogen and oxygen atoms in total. The summed E-state index contributed by atoms with van der Waals surface area (Å²) in [5.74, 6) is 1.46. The molecule has 3 aromatic rings. The van der Waals surface area contributed by atoms with E-state index in [0.717, 1.165) is 47.3 Å². The Labute approximate surface area is 181 Å². The highest BCUT2D eigenvalue weighted by Crippen LogP contribution is 2.65. The molecule has 2 aliphatic carbocycles. The third-order valence-corrected chi connectivity index (χ3v) is 8.07. The lowest BCUT2D eigenvalue weighted by Crippen LogP contribution is -2.64. The quantitative estimate of drug-likeness (QED) is 0.627. The van der Waals surface area contributed by atoms with Crippen LogP contribution >= 0.6 is 0 Å². The van der Waals surface area contributed by atoms with Gasteiger partial charge in [-0.2, -0.15) is 0 Å². The Morgan fingerprint density at radius 3 is 2.39 bits per heavy atom. The van der Waals surface area contributed by atoms with Crippen LogP contribution in [0.15, 0.2) is 54.6 Å². The molecule has 5 atom stereocenters. The fraction of sp³-hybridized carbons (Fsp3) is 0.370. The highest BCUT2D eigenvalue weighted by molar-refractivity contribution is 6.09. The molecule has 7 rings (SSSR count). The second-order valence-electron chi connectivity index (χ2n) is 9.19. The van der Waals surface area contributed by atoms with Crippen LogP contribution in [0.4, 0.5) is 0 Å². The molecular weight excluding hydrogens is 388 g/mol. The van der Waals surface area contributed by atoms with Gasteiger partial charge in [-0.25, -0.2) is 0 Å². The fourth-order valence-corrected chi connectivity index (χ4v) is 6.86. The van der Waals surface area contributed by atoms with Gasteiger partial charge in [0.15, 0.2) is 5.78 Å². The van der Waals surface area contributed by atoms with E-state index < -0.39 is 5.41 Å². The number of hydrogen-bond donors (Lipinski definition) is 0. The first kappa shape index (κ1) is 17.9. The van der Waals surface area contributed by atoms with E-state index in [9.17, 15) is 4.79 Å². The number of ketones is 1. The summed E-state index contributed by atoms with van der Waals surface area (Å²) >= 11 is 0. The van der Waals surface area contributed by atoms with Crippen LogP contribution in [0.5, 0.6) is 5.75 Å². The smallest absolute Gasteiger partial charge is 0.156 e.